The number of sulfonamides is 1. The van der Waals surface area contributed by atoms with Crippen LogP contribution < -0.4 is 10.0 Å². The molecule has 1 aliphatic rings. The number of hydrogen-bond donors (Lipinski definition) is 3. The van der Waals surface area contributed by atoms with Crippen LogP contribution in [0.3, 0.4) is 0 Å². The molecule has 0 saturated heterocycles. The summed E-state index contributed by atoms with van der Waals surface area (Å²) >= 11 is 0. The van der Waals surface area contributed by atoms with Crippen LogP contribution in [0.1, 0.15) is 44.4 Å². The van der Waals surface area contributed by atoms with Crippen LogP contribution in [-0.2, 0) is 16.6 Å². The van der Waals surface area contributed by atoms with Crippen molar-refractivity contribution in [2.24, 2.45) is 11.8 Å². The summed E-state index contributed by atoms with van der Waals surface area (Å²) in [5.41, 5.74) is 1.50. The second kappa shape index (κ2) is 6.46. The van der Waals surface area contributed by atoms with Crippen molar-refractivity contribution < 1.29 is 8.42 Å². The Balaban J connectivity index is 2.15. The first kappa shape index (κ1) is 16.5. The number of aromatic nitrogens is 2. The van der Waals surface area contributed by atoms with Crippen molar-refractivity contribution in [2.45, 2.75) is 57.6 Å². The minimum Gasteiger partial charge on any atom is -0.316 e. The highest BCUT2D eigenvalue weighted by Gasteiger charge is 2.30. The van der Waals surface area contributed by atoms with Crippen molar-refractivity contribution in [1.82, 2.24) is 20.2 Å². The topological polar surface area (TPSA) is 86.9 Å². The van der Waals surface area contributed by atoms with E-state index in [0.717, 1.165) is 25.0 Å². The lowest BCUT2D eigenvalue weighted by Gasteiger charge is -2.32. The first-order chi connectivity index (χ1) is 9.85. The fourth-order valence-corrected chi connectivity index (χ4v) is 4.45. The minimum atomic E-state index is -3.57. The molecule has 0 bridgehead atoms. The molecule has 3 unspecified atom stereocenters. The van der Waals surface area contributed by atoms with E-state index in [0.29, 0.717) is 23.9 Å². The van der Waals surface area contributed by atoms with Gasteiger partial charge in [-0.05, 0) is 45.1 Å². The summed E-state index contributed by atoms with van der Waals surface area (Å²) in [7, 11) is -1.77. The molecule has 0 radical (unpaired) electrons. The summed E-state index contributed by atoms with van der Waals surface area (Å²) in [4.78, 5) is 0. The van der Waals surface area contributed by atoms with E-state index in [4.69, 9.17) is 0 Å². The number of nitrogens with zero attached hydrogens (tertiary/aromatic N) is 1. The number of aromatic amines is 1. The highest BCUT2D eigenvalue weighted by Crippen LogP contribution is 2.30. The van der Waals surface area contributed by atoms with Crippen molar-refractivity contribution >= 4 is 10.0 Å². The van der Waals surface area contributed by atoms with Crippen LogP contribution in [0.15, 0.2) is 5.03 Å². The molecule has 3 N–H and O–H groups in total. The van der Waals surface area contributed by atoms with Gasteiger partial charge in [0.15, 0.2) is 5.03 Å². The number of aryl methyl sites for hydroxylation is 1. The minimum absolute atomic E-state index is 0.0145. The molecule has 1 aromatic heterocycles. The molecular weight excluding hydrogens is 288 g/mol. The molecule has 1 fully saturated rings. The standard InChI is InChI=1S/C14H26N4O2S/c1-9-5-6-12(7-10(9)2)18-21(19,20)14-13(8-15-4)11(3)16-17-14/h9-10,12,15,18H,5-8H2,1-4H3,(H,16,17). The molecule has 120 valence electrons. The van der Waals surface area contributed by atoms with Crippen molar-refractivity contribution in [2.75, 3.05) is 7.05 Å². The molecule has 3 atom stereocenters. The molecule has 1 aromatic rings. The smallest absolute Gasteiger partial charge is 0.260 e. The fourth-order valence-electron chi connectivity index (χ4n) is 2.97. The van der Waals surface area contributed by atoms with Gasteiger partial charge in [0.1, 0.15) is 0 Å². The van der Waals surface area contributed by atoms with E-state index in [1.54, 1.807) is 7.05 Å². The van der Waals surface area contributed by atoms with Crippen LogP contribution in [0.5, 0.6) is 0 Å². The van der Waals surface area contributed by atoms with Gasteiger partial charge in [0.2, 0.25) is 0 Å². The molecule has 0 spiro atoms. The zero-order chi connectivity index (χ0) is 15.6. The zero-order valence-electron chi connectivity index (χ0n) is 13.2. The van der Waals surface area contributed by atoms with E-state index in [1.165, 1.54) is 0 Å². The van der Waals surface area contributed by atoms with Crippen LogP contribution in [-0.4, -0.2) is 31.7 Å². The predicted octanol–water partition coefficient (Wildman–Crippen LogP) is 1.54. The van der Waals surface area contributed by atoms with Crippen molar-refractivity contribution in [3.8, 4) is 0 Å². The molecule has 0 aromatic carbocycles. The second-order valence-corrected chi connectivity index (χ2v) is 7.88. The maximum absolute atomic E-state index is 12.6. The van der Waals surface area contributed by atoms with Crippen molar-refractivity contribution in [1.29, 1.82) is 0 Å². The Morgan fingerprint density at radius 2 is 2.00 bits per heavy atom. The molecule has 6 nitrogen and oxygen atoms in total. The van der Waals surface area contributed by atoms with E-state index in [-0.39, 0.29) is 11.1 Å². The van der Waals surface area contributed by atoms with Gasteiger partial charge in [0, 0.05) is 23.8 Å². The Kier molecular flexibility index (Phi) is 5.06. The highest BCUT2D eigenvalue weighted by molar-refractivity contribution is 7.89. The summed E-state index contributed by atoms with van der Waals surface area (Å²) in [6.07, 6.45) is 2.86. The maximum atomic E-state index is 12.6. The van der Waals surface area contributed by atoms with Crippen molar-refractivity contribution in [3.05, 3.63) is 11.3 Å². The van der Waals surface area contributed by atoms with Gasteiger partial charge in [0.25, 0.3) is 10.0 Å². The van der Waals surface area contributed by atoms with E-state index in [2.05, 4.69) is 34.1 Å². The van der Waals surface area contributed by atoms with Gasteiger partial charge in [-0.2, -0.15) is 5.10 Å². The van der Waals surface area contributed by atoms with Crippen LogP contribution in [0.25, 0.3) is 0 Å². The summed E-state index contributed by atoms with van der Waals surface area (Å²) in [5.74, 6) is 1.21. The lowest BCUT2D eigenvalue weighted by atomic mass is 9.79. The first-order valence-corrected chi connectivity index (χ1v) is 9.04. The Hall–Kier alpha value is -0.920. The van der Waals surface area contributed by atoms with Crippen LogP contribution in [0.4, 0.5) is 0 Å². The lowest BCUT2D eigenvalue weighted by Crippen LogP contribution is -2.40. The summed E-state index contributed by atoms with van der Waals surface area (Å²) in [6.45, 7) is 6.74. The molecule has 1 saturated carbocycles. The SMILES string of the molecule is CNCc1c(S(=O)(=O)NC2CCC(C)C(C)C2)n[nH]c1C. The third kappa shape index (κ3) is 3.64. The van der Waals surface area contributed by atoms with E-state index in [9.17, 15) is 8.42 Å². The molecule has 0 aliphatic heterocycles. The van der Waals surface area contributed by atoms with Crippen LogP contribution in [0.2, 0.25) is 0 Å². The first-order valence-electron chi connectivity index (χ1n) is 7.56. The van der Waals surface area contributed by atoms with Gasteiger partial charge < -0.3 is 5.32 Å². The van der Waals surface area contributed by atoms with Gasteiger partial charge in [-0.25, -0.2) is 13.1 Å². The summed E-state index contributed by atoms with van der Waals surface area (Å²) < 4.78 is 28.0. The normalized spacial score (nSPS) is 27.0. The fraction of sp³-hybridized carbons (Fsp3) is 0.786. The van der Waals surface area contributed by atoms with Crippen molar-refractivity contribution in [3.63, 3.8) is 0 Å². The Morgan fingerprint density at radius 3 is 2.62 bits per heavy atom. The van der Waals surface area contributed by atoms with Gasteiger partial charge in [-0.15, -0.1) is 0 Å². The van der Waals surface area contributed by atoms with E-state index in [1.807, 2.05) is 6.92 Å². The van der Waals surface area contributed by atoms with Gasteiger partial charge in [-0.3, -0.25) is 5.10 Å². The number of nitrogens with one attached hydrogen (secondary N) is 3. The maximum Gasteiger partial charge on any atom is 0.260 e. The predicted molar refractivity (Wildman–Crippen MR) is 82.4 cm³/mol. The summed E-state index contributed by atoms with van der Waals surface area (Å²) in [6, 6.07) is 0.0145. The second-order valence-electron chi connectivity index (χ2n) is 6.25. The zero-order valence-corrected chi connectivity index (χ0v) is 14.0. The third-order valence-electron chi connectivity index (χ3n) is 4.56. The number of H-pyrrole nitrogens is 1. The Morgan fingerprint density at radius 1 is 1.29 bits per heavy atom. The molecule has 1 heterocycles. The summed E-state index contributed by atoms with van der Waals surface area (Å²) in [5, 5.41) is 9.88. The van der Waals surface area contributed by atoms with Crippen LogP contribution >= 0.6 is 0 Å². The quantitative estimate of drug-likeness (QED) is 0.769. The average Bonchev–Trinajstić information content (AvgIpc) is 2.77. The highest BCUT2D eigenvalue weighted by atomic mass is 32.2. The molecule has 7 heteroatoms. The number of rotatable bonds is 5. The number of hydrogen-bond acceptors (Lipinski definition) is 4. The van der Waals surface area contributed by atoms with E-state index >= 15 is 0 Å². The molecule has 1 aliphatic carbocycles. The Labute approximate surface area is 127 Å². The van der Waals surface area contributed by atoms with Gasteiger partial charge >= 0.3 is 0 Å². The molecule has 0 amide bonds. The third-order valence-corrected chi connectivity index (χ3v) is 6.05. The monoisotopic (exact) mass is 314 g/mol. The lowest BCUT2D eigenvalue weighted by molar-refractivity contribution is 0.241. The molecule has 2 rings (SSSR count). The molecule has 21 heavy (non-hydrogen) atoms. The molecular formula is C14H26N4O2S. The van der Waals surface area contributed by atoms with E-state index < -0.39 is 10.0 Å². The van der Waals surface area contributed by atoms with Gasteiger partial charge in [-0.1, -0.05) is 13.8 Å². The Bertz CT molecular complexity index is 582. The largest absolute Gasteiger partial charge is 0.316 e. The average molecular weight is 314 g/mol. The van der Waals surface area contributed by atoms with Crippen LogP contribution in [0, 0.1) is 18.8 Å². The van der Waals surface area contributed by atoms with Gasteiger partial charge in [0.05, 0.1) is 0 Å².